The van der Waals surface area contributed by atoms with Crippen LogP contribution in [0.4, 0.5) is 10.7 Å². The topological polar surface area (TPSA) is 115 Å². The minimum absolute atomic E-state index is 0.000244. The quantitative estimate of drug-likeness (QED) is 0.570. The zero-order valence-corrected chi connectivity index (χ0v) is 23.2. The molecule has 0 unspecified atom stereocenters. The Morgan fingerprint density at radius 1 is 1.14 bits per heavy atom. The molecule has 1 aromatic rings. The zero-order chi connectivity index (χ0) is 26.9. The third kappa shape index (κ3) is 6.88. The molecular formula is C25H42BN5O5. The van der Waals surface area contributed by atoms with Gasteiger partial charge in [0.15, 0.2) is 0 Å². The second-order valence-electron chi connectivity index (χ2n) is 12.1. The summed E-state index contributed by atoms with van der Waals surface area (Å²) in [4.78, 5) is 36.3. The largest absolute Gasteiger partial charge is 0.498 e. The Morgan fingerprint density at radius 2 is 1.72 bits per heavy atom. The predicted molar refractivity (Wildman–Crippen MR) is 139 cm³/mol. The molecule has 2 fully saturated rings. The summed E-state index contributed by atoms with van der Waals surface area (Å²) in [7, 11) is -0.516. The number of piperidine rings is 1. The van der Waals surface area contributed by atoms with Crippen molar-refractivity contribution in [2.75, 3.05) is 18.4 Å². The number of hydrogen-bond acceptors (Lipinski definition) is 8. The van der Waals surface area contributed by atoms with E-state index < -0.39 is 36.1 Å². The van der Waals surface area contributed by atoms with Gasteiger partial charge in [0.25, 0.3) is 0 Å². The number of nitrogens with one attached hydrogen (secondary N) is 2. The van der Waals surface area contributed by atoms with Gasteiger partial charge in [-0.3, -0.25) is 4.79 Å². The van der Waals surface area contributed by atoms with E-state index in [-0.39, 0.29) is 17.9 Å². The van der Waals surface area contributed by atoms with Crippen LogP contribution < -0.4 is 16.1 Å². The summed E-state index contributed by atoms with van der Waals surface area (Å²) in [6, 6.07) is -0.659. The lowest BCUT2D eigenvalue weighted by atomic mass is 9.81. The SMILES string of the molecule is CC(C)[C@@H](NC(=O)OC(C)(C)C)C(=O)N1CCC[C@H](Nc2ncc(B3OC(C)(C)C(C)(C)O3)cn2)C1. The fourth-order valence-corrected chi connectivity index (χ4v) is 4.14. The molecule has 10 nitrogen and oxygen atoms in total. The van der Waals surface area contributed by atoms with Crippen LogP contribution in [0.15, 0.2) is 12.4 Å². The average Bonchev–Trinajstić information content (AvgIpc) is 2.98. The second kappa shape index (κ2) is 10.5. The highest BCUT2D eigenvalue weighted by atomic mass is 16.7. The van der Waals surface area contributed by atoms with Gasteiger partial charge in [-0.2, -0.15) is 0 Å². The summed E-state index contributed by atoms with van der Waals surface area (Å²) in [5.74, 6) is 0.297. The molecule has 0 aromatic carbocycles. The van der Waals surface area contributed by atoms with E-state index in [1.807, 2.05) is 41.5 Å². The van der Waals surface area contributed by atoms with Crippen molar-refractivity contribution >= 4 is 30.5 Å². The number of hydrogen-bond donors (Lipinski definition) is 2. The number of likely N-dealkylation sites (tertiary alicyclic amines) is 1. The molecule has 2 saturated heterocycles. The fraction of sp³-hybridized carbons (Fsp3) is 0.760. The Balaban J connectivity index is 1.59. The molecule has 2 N–H and O–H groups in total. The van der Waals surface area contributed by atoms with Crippen molar-refractivity contribution in [3.63, 3.8) is 0 Å². The van der Waals surface area contributed by atoms with E-state index in [0.29, 0.717) is 19.0 Å². The molecule has 36 heavy (non-hydrogen) atoms. The normalized spacial score (nSPS) is 22.3. The maximum Gasteiger partial charge on any atom is 0.498 e. The highest BCUT2D eigenvalue weighted by molar-refractivity contribution is 6.61. The van der Waals surface area contributed by atoms with E-state index in [9.17, 15) is 9.59 Å². The number of carbonyl (C=O) groups is 2. The number of aromatic nitrogens is 2. The van der Waals surface area contributed by atoms with Crippen molar-refractivity contribution < 1.29 is 23.6 Å². The Hall–Kier alpha value is -2.40. The van der Waals surface area contributed by atoms with E-state index in [2.05, 4.69) is 20.6 Å². The molecule has 3 rings (SSSR count). The molecule has 2 aliphatic rings. The zero-order valence-electron chi connectivity index (χ0n) is 23.2. The van der Waals surface area contributed by atoms with Gasteiger partial charge < -0.3 is 29.6 Å². The van der Waals surface area contributed by atoms with Gasteiger partial charge in [-0.15, -0.1) is 0 Å². The summed E-state index contributed by atoms with van der Waals surface area (Å²) in [5.41, 5.74) is -0.738. The minimum Gasteiger partial charge on any atom is -0.444 e. The van der Waals surface area contributed by atoms with Gasteiger partial charge in [0.05, 0.1) is 11.2 Å². The van der Waals surface area contributed by atoms with Crippen LogP contribution in [0.2, 0.25) is 0 Å². The Labute approximate surface area is 215 Å². The first-order valence-corrected chi connectivity index (χ1v) is 12.8. The molecule has 11 heteroatoms. The van der Waals surface area contributed by atoms with Crippen LogP contribution in [-0.4, -0.2) is 76.0 Å². The molecule has 0 bridgehead atoms. The minimum atomic E-state index is -0.658. The molecule has 200 valence electrons. The van der Waals surface area contributed by atoms with Gasteiger partial charge in [-0.25, -0.2) is 14.8 Å². The van der Waals surface area contributed by atoms with Gasteiger partial charge in [-0.1, -0.05) is 13.8 Å². The maximum absolute atomic E-state index is 13.3. The molecule has 2 aliphatic heterocycles. The molecule has 2 amide bonds. The first kappa shape index (κ1) is 28.2. The van der Waals surface area contributed by atoms with E-state index in [1.165, 1.54) is 0 Å². The van der Waals surface area contributed by atoms with Crippen LogP contribution >= 0.6 is 0 Å². The number of alkyl carbamates (subject to hydrolysis) is 1. The first-order chi connectivity index (χ1) is 16.6. The molecular weight excluding hydrogens is 461 g/mol. The Morgan fingerprint density at radius 3 is 2.25 bits per heavy atom. The van der Waals surface area contributed by atoms with Gasteiger partial charge in [0.1, 0.15) is 11.6 Å². The maximum atomic E-state index is 13.3. The lowest BCUT2D eigenvalue weighted by Gasteiger charge is -2.36. The molecule has 2 atom stereocenters. The van der Waals surface area contributed by atoms with Gasteiger partial charge in [-0.05, 0) is 67.2 Å². The van der Waals surface area contributed by atoms with Crippen molar-refractivity contribution in [3.05, 3.63) is 12.4 Å². The number of anilines is 1. The monoisotopic (exact) mass is 503 g/mol. The van der Waals surface area contributed by atoms with Crippen LogP contribution in [0, 0.1) is 5.92 Å². The molecule has 0 spiro atoms. The van der Waals surface area contributed by atoms with Gasteiger partial charge in [0, 0.05) is 37.0 Å². The number of ether oxygens (including phenoxy) is 1. The lowest BCUT2D eigenvalue weighted by Crippen LogP contribution is -2.55. The molecule has 0 aliphatic carbocycles. The second-order valence-corrected chi connectivity index (χ2v) is 12.1. The smallest absolute Gasteiger partial charge is 0.444 e. The Bertz CT molecular complexity index is 916. The first-order valence-electron chi connectivity index (χ1n) is 12.8. The number of rotatable bonds is 6. The number of amides is 2. The van der Waals surface area contributed by atoms with Crippen molar-refractivity contribution in [1.29, 1.82) is 0 Å². The summed E-state index contributed by atoms with van der Waals surface area (Å²) in [5, 5.41) is 6.10. The molecule has 1 aromatic heterocycles. The van der Waals surface area contributed by atoms with Crippen LogP contribution in [0.5, 0.6) is 0 Å². The Kier molecular flexibility index (Phi) is 8.25. The van der Waals surface area contributed by atoms with Gasteiger partial charge >= 0.3 is 13.2 Å². The third-order valence-corrected chi connectivity index (χ3v) is 6.87. The average molecular weight is 503 g/mol. The van der Waals surface area contributed by atoms with Crippen molar-refractivity contribution in [2.24, 2.45) is 5.92 Å². The molecule has 0 radical (unpaired) electrons. The van der Waals surface area contributed by atoms with E-state index >= 15 is 0 Å². The number of nitrogens with zero attached hydrogens (tertiary/aromatic N) is 3. The highest BCUT2D eigenvalue weighted by Crippen LogP contribution is 2.36. The van der Waals surface area contributed by atoms with Crippen LogP contribution in [0.1, 0.15) is 75.2 Å². The highest BCUT2D eigenvalue weighted by Gasteiger charge is 2.52. The van der Waals surface area contributed by atoms with Crippen molar-refractivity contribution in [1.82, 2.24) is 20.2 Å². The fourth-order valence-electron chi connectivity index (χ4n) is 4.14. The van der Waals surface area contributed by atoms with E-state index in [1.54, 1.807) is 38.1 Å². The summed E-state index contributed by atoms with van der Waals surface area (Å²) in [6.45, 7) is 18.4. The van der Waals surface area contributed by atoms with Crippen LogP contribution in [0.3, 0.4) is 0 Å². The summed E-state index contributed by atoms with van der Waals surface area (Å²) < 4.78 is 17.5. The van der Waals surface area contributed by atoms with E-state index in [0.717, 1.165) is 18.3 Å². The van der Waals surface area contributed by atoms with Crippen molar-refractivity contribution in [3.8, 4) is 0 Å². The standard InChI is InChI=1S/C25H42BN5O5/c1-16(2)19(30-22(33)34-23(3,4)5)20(32)31-12-10-11-18(15-31)29-21-27-13-17(14-28-21)26-35-24(6,7)25(8,9)36-26/h13-14,16,18-19H,10-12,15H2,1-9H3,(H,30,33)(H,27,28,29)/t18-,19+/m0/s1. The number of carbonyl (C=O) groups excluding carboxylic acids is 2. The van der Waals surface area contributed by atoms with Gasteiger partial charge in [0.2, 0.25) is 11.9 Å². The van der Waals surface area contributed by atoms with E-state index in [4.69, 9.17) is 14.0 Å². The van der Waals surface area contributed by atoms with Crippen molar-refractivity contribution in [2.45, 2.75) is 104 Å². The summed E-state index contributed by atoms with van der Waals surface area (Å²) >= 11 is 0. The van der Waals surface area contributed by atoms with Crippen LogP contribution in [-0.2, 0) is 18.8 Å². The third-order valence-electron chi connectivity index (χ3n) is 6.87. The van der Waals surface area contributed by atoms with Crippen LogP contribution in [0.25, 0.3) is 0 Å². The molecule has 0 saturated carbocycles. The molecule has 3 heterocycles. The predicted octanol–water partition coefficient (Wildman–Crippen LogP) is 2.73. The summed E-state index contributed by atoms with van der Waals surface area (Å²) in [6.07, 6.45) is 4.56. The lowest BCUT2D eigenvalue weighted by molar-refractivity contribution is -0.135.